The first kappa shape index (κ1) is 28.9. The fraction of sp³-hybridized carbons (Fsp3) is 0.0909. The van der Waals surface area contributed by atoms with Gasteiger partial charge in [0.25, 0.3) is 11.5 Å². The molecule has 220 valence electrons. The first-order valence-electron chi connectivity index (χ1n) is 13.4. The molecule has 0 saturated carbocycles. The number of benzene rings is 3. The number of aromatic nitrogens is 1. The van der Waals surface area contributed by atoms with E-state index in [1.54, 1.807) is 62.6 Å². The van der Waals surface area contributed by atoms with Gasteiger partial charge in [-0.1, -0.05) is 59.3 Å². The maximum absolute atomic E-state index is 14.0. The number of hydrogen-bond donors (Lipinski definition) is 2. The molecule has 3 aromatic carbocycles. The average molecular weight is 626 g/mol. The molecule has 3 heterocycles. The van der Waals surface area contributed by atoms with Gasteiger partial charge in [-0.25, -0.2) is 9.79 Å². The molecular weight excluding hydrogens is 602 g/mol. The predicted molar refractivity (Wildman–Crippen MR) is 168 cm³/mol. The molecule has 9 nitrogen and oxygen atoms in total. The molecule has 0 saturated heterocycles. The number of anilines is 1. The van der Waals surface area contributed by atoms with Gasteiger partial charge < -0.3 is 19.6 Å². The number of amides is 1. The third kappa shape index (κ3) is 5.48. The van der Waals surface area contributed by atoms with Crippen LogP contribution < -0.4 is 24.9 Å². The fourth-order valence-corrected chi connectivity index (χ4v) is 6.28. The fourth-order valence-electron chi connectivity index (χ4n) is 4.99. The zero-order chi connectivity index (χ0) is 31.0. The van der Waals surface area contributed by atoms with Crippen LogP contribution in [0.25, 0.3) is 17.4 Å². The van der Waals surface area contributed by atoms with E-state index in [-0.39, 0.29) is 22.1 Å². The Balaban J connectivity index is 1.42. The normalized spacial score (nSPS) is 14.6. The minimum atomic E-state index is -1.12. The molecule has 0 fully saturated rings. The zero-order valence-electron chi connectivity index (χ0n) is 23.4. The van der Waals surface area contributed by atoms with Crippen LogP contribution in [-0.2, 0) is 4.79 Å². The maximum atomic E-state index is 14.0. The number of thiazole rings is 1. The van der Waals surface area contributed by atoms with Gasteiger partial charge >= 0.3 is 5.97 Å². The summed E-state index contributed by atoms with van der Waals surface area (Å²) in [6.07, 6.45) is 1.62. The molecule has 44 heavy (non-hydrogen) atoms. The molecule has 0 bridgehead atoms. The summed E-state index contributed by atoms with van der Waals surface area (Å²) in [6.45, 7) is 1.76. The Labute approximate surface area is 259 Å². The van der Waals surface area contributed by atoms with Crippen molar-refractivity contribution in [3.05, 3.63) is 138 Å². The first-order valence-corrected chi connectivity index (χ1v) is 14.6. The lowest BCUT2D eigenvalue weighted by molar-refractivity contribution is -0.113. The minimum Gasteiger partial charge on any atom is -0.497 e. The molecule has 0 unspecified atom stereocenters. The number of aromatic carboxylic acids is 1. The highest BCUT2D eigenvalue weighted by atomic mass is 35.5. The number of carboxylic acids is 1. The molecule has 5 aromatic rings. The van der Waals surface area contributed by atoms with Gasteiger partial charge in [-0.2, -0.15) is 0 Å². The molecule has 0 radical (unpaired) electrons. The van der Waals surface area contributed by atoms with Crippen LogP contribution in [0, 0.1) is 0 Å². The monoisotopic (exact) mass is 625 g/mol. The second-order valence-electron chi connectivity index (χ2n) is 9.88. The number of nitrogens with zero attached hydrogens (tertiary/aromatic N) is 2. The Hall–Kier alpha value is -5.19. The van der Waals surface area contributed by atoms with E-state index >= 15 is 0 Å². The van der Waals surface area contributed by atoms with E-state index in [2.05, 4.69) is 10.3 Å². The number of methoxy groups -OCH3 is 1. The first-order chi connectivity index (χ1) is 21.2. The van der Waals surface area contributed by atoms with Crippen molar-refractivity contribution in [1.29, 1.82) is 0 Å². The smallest absolute Gasteiger partial charge is 0.337 e. The van der Waals surface area contributed by atoms with Crippen molar-refractivity contribution in [3.8, 4) is 17.1 Å². The third-order valence-corrected chi connectivity index (χ3v) is 8.41. The molecule has 11 heteroatoms. The summed E-state index contributed by atoms with van der Waals surface area (Å²) in [7, 11) is 1.57. The quantitative estimate of drug-likeness (QED) is 0.246. The topological polar surface area (TPSA) is 123 Å². The number of carboxylic acid groups (broad SMARTS) is 1. The molecule has 2 N–H and O–H groups in total. The SMILES string of the molecule is COc1ccc([C@H]2C(C(=O)Nc3ccccc3)=C(C)N=c3s/c(=C/c4ccc(-c5ccc(C(=O)O)c(Cl)c5)o4)c(=O)n32)cc1. The highest BCUT2D eigenvalue weighted by Crippen LogP contribution is 2.32. The molecule has 6 rings (SSSR count). The van der Waals surface area contributed by atoms with Gasteiger partial charge in [-0.3, -0.25) is 14.2 Å². The van der Waals surface area contributed by atoms with Gasteiger partial charge in [0, 0.05) is 17.3 Å². The summed E-state index contributed by atoms with van der Waals surface area (Å²) < 4.78 is 13.2. The Morgan fingerprint density at radius 3 is 2.50 bits per heavy atom. The van der Waals surface area contributed by atoms with E-state index in [0.29, 0.717) is 54.7 Å². The lowest BCUT2D eigenvalue weighted by Gasteiger charge is -2.25. The van der Waals surface area contributed by atoms with Crippen LogP contribution in [0.3, 0.4) is 0 Å². The lowest BCUT2D eigenvalue weighted by Crippen LogP contribution is -2.40. The van der Waals surface area contributed by atoms with Gasteiger partial charge in [0.15, 0.2) is 4.80 Å². The maximum Gasteiger partial charge on any atom is 0.337 e. The highest BCUT2D eigenvalue weighted by molar-refractivity contribution is 7.07. The van der Waals surface area contributed by atoms with Gasteiger partial charge in [0.1, 0.15) is 17.3 Å². The summed E-state index contributed by atoms with van der Waals surface area (Å²) in [5.74, 6) is 0.0125. The molecule has 1 amide bonds. The van der Waals surface area contributed by atoms with Gasteiger partial charge in [0.2, 0.25) is 0 Å². The van der Waals surface area contributed by atoms with Gasteiger partial charge in [-0.15, -0.1) is 0 Å². The highest BCUT2D eigenvalue weighted by Gasteiger charge is 2.32. The summed E-state index contributed by atoms with van der Waals surface area (Å²) in [4.78, 5) is 44.1. The van der Waals surface area contributed by atoms with Crippen molar-refractivity contribution in [2.75, 3.05) is 12.4 Å². The predicted octanol–water partition coefficient (Wildman–Crippen LogP) is 5.49. The third-order valence-electron chi connectivity index (χ3n) is 7.11. The molecule has 2 aromatic heterocycles. The number of nitrogens with one attached hydrogen (secondary N) is 1. The Bertz CT molecular complexity index is 2130. The number of rotatable bonds is 7. The van der Waals surface area contributed by atoms with Gasteiger partial charge in [0.05, 0.1) is 39.5 Å². The van der Waals surface area contributed by atoms with Crippen molar-refractivity contribution in [2.24, 2.45) is 4.99 Å². The number of fused-ring (bicyclic) bond motifs is 1. The van der Waals surface area contributed by atoms with Crippen LogP contribution >= 0.6 is 22.9 Å². The van der Waals surface area contributed by atoms with E-state index in [4.69, 9.17) is 20.8 Å². The Kier molecular flexibility index (Phi) is 7.77. The molecule has 1 atom stereocenters. The van der Waals surface area contributed by atoms with E-state index in [0.717, 1.165) is 0 Å². The van der Waals surface area contributed by atoms with Crippen molar-refractivity contribution in [3.63, 3.8) is 0 Å². The molecule has 0 spiro atoms. The standard InChI is InChI=1S/C33H24ClN3O6S/c1-18-28(30(38)36-21-6-4-3-5-7-21)29(19-8-11-22(42-2)12-9-19)37-31(39)27(44-33(37)35-18)17-23-13-15-26(43-23)20-10-14-24(32(40)41)25(34)16-20/h3-17,29H,1-2H3,(H,36,38)(H,40,41)/b27-17+/t29-/m0/s1. The number of para-hydroxylation sites is 1. The summed E-state index contributed by atoms with van der Waals surface area (Å²) >= 11 is 7.33. The van der Waals surface area contributed by atoms with E-state index < -0.39 is 12.0 Å². The number of halogens is 1. The number of hydrogen-bond acceptors (Lipinski definition) is 7. The number of furan rings is 1. The van der Waals surface area contributed by atoms with E-state index in [1.807, 2.05) is 30.3 Å². The zero-order valence-corrected chi connectivity index (χ0v) is 25.0. The molecule has 1 aliphatic rings. The number of allylic oxidation sites excluding steroid dienone is 1. The largest absolute Gasteiger partial charge is 0.497 e. The van der Waals surface area contributed by atoms with E-state index in [1.165, 1.54) is 28.0 Å². The second kappa shape index (κ2) is 11.8. The van der Waals surface area contributed by atoms with Crippen LogP contribution in [0.4, 0.5) is 5.69 Å². The van der Waals surface area contributed by atoms with Crippen LogP contribution in [0.1, 0.15) is 34.6 Å². The summed E-state index contributed by atoms with van der Waals surface area (Å²) in [5.41, 5.74) is 2.42. The Morgan fingerprint density at radius 1 is 1.07 bits per heavy atom. The summed E-state index contributed by atoms with van der Waals surface area (Å²) in [6, 6.07) is 23.5. The van der Waals surface area contributed by atoms with Crippen LogP contribution in [0.2, 0.25) is 5.02 Å². The number of carbonyl (C=O) groups excluding carboxylic acids is 1. The van der Waals surface area contributed by atoms with Crippen molar-refractivity contribution < 1.29 is 23.8 Å². The van der Waals surface area contributed by atoms with Crippen molar-refractivity contribution in [2.45, 2.75) is 13.0 Å². The number of carbonyl (C=O) groups is 2. The number of ether oxygens (including phenoxy) is 1. The Morgan fingerprint density at radius 2 is 1.82 bits per heavy atom. The minimum absolute atomic E-state index is 0.0122. The van der Waals surface area contributed by atoms with Crippen molar-refractivity contribution >= 4 is 46.6 Å². The second-order valence-corrected chi connectivity index (χ2v) is 11.3. The van der Waals surface area contributed by atoms with E-state index in [9.17, 15) is 19.5 Å². The van der Waals surface area contributed by atoms with Crippen molar-refractivity contribution in [1.82, 2.24) is 4.57 Å². The van der Waals surface area contributed by atoms with Crippen LogP contribution in [0.15, 0.2) is 110 Å². The molecular formula is C33H24ClN3O6S. The lowest BCUT2D eigenvalue weighted by atomic mass is 9.95. The molecule has 0 aliphatic carbocycles. The molecule has 1 aliphatic heterocycles. The van der Waals surface area contributed by atoms with Crippen LogP contribution in [0.5, 0.6) is 5.75 Å². The van der Waals surface area contributed by atoms with Gasteiger partial charge in [-0.05, 0) is 61.0 Å². The average Bonchev–Trinajstić information content (AvgIpc) is 3.60. The van der Waals surface area contributed by atoms with Crippen LogP contribution in [-0.4, -0.2) is 28.7 Å². The summed E-state index contributed by atoms with van der Waals surface area (Å²) in [5, 5.41) is 12.3.